The van der Waals surface area contributed by atoms with Crippen molar-refractivity contribution >= 4 is 17.9 Å². The molecule has 0 heterocycles. The minimum Gasteiger partial charge on any atom is -0.463 e. The number of rotatable bonds is 12. The topological polar surface area (TPSA) is 78.9 Å². The highest BCUT2D eigenvalue weighted by Gasteiger charge is 2.49. The maximum absolute atomic E-state index is 13.2. The van der Waals surface area contributed by atoms with Crippen LogP contribution >= 0.6 is 0 Å². The predicted molar refractivity (Wildman–Crippen MR) is 143 cm³/mol. The normalized spacial score (nSPS) is 11.9. The zero-order valence-electron chi connectivity index (χ0n) is 22.3. The summed E-state index contributed by atoms with van der Waals surface area (Å²) in [6, 6.07) is 19.9. The van der Waals surface area contributed by atoms with Crippen molar-refractivity contribution in [2.45, 2.75) is 58.2 Å². The molecule has 40 heavy (non-hydrogen) atoms. The Bertz CT molecular complexity index is 1270. The third-order valence-electron chi connectivity index (χ3n) is 5.96. The molecule has 0 aliphatic carbocycles. The first kappa shape index (κ1) is 30.4. The third kappa shape index (κ3) is 8.69. The Morgan fingerprint density at radius 1 is 0.725 bits per heavy atom. The van der Waals surface area contributed by atoms with Gasteiger partial charge < -0.3 is 14.2 Å². The van der Waals surface area contributed by atoms with Crippen LogP contribution in [0.1, 0.15) is 65.8 Å². The molecule has 9 heteroatoms. The Morgan fingerprint density at radius 3 is 1.82 bits per heavy atom. The molecule has 3 rings (SSSR count). The number of benzene rings is 3. The van der Waals surface area contributed by atoms with E-state index in [0.717, 1.165) is 36.1 Å². The summed E-state index contributed by atoms with van der Waals surface area (Å²) in [5.41, 5.74) is 3.27. The number of esters is 3. The van der Waals surface area contributed by atoms with E-state index in [9.17, 15) is 27.6 Å². The van der Waals surface area contributed by atoms with Gasteiger partial charge in [0.05, 0.1) is 17.7 Å². The third-order valence-corrected chi connectivity index (χ3v) is 5.96. The molecule has 0 spiro atoms. The molecule has 0 saturated carbocycles. The van der Waals surface area contributed by atoms with Crippen molar-refractivity contribution in [1.29, 1.82) is 0 Å². The van der Waals surface area contributed by atoms with Crippen molar-refractivity contribution in [3.8, 4) is 16.9 Å². The number of unbranched alkanes of at least 4 members (excludes halogenated alkanes) is 2. The van der Waals surface area contributed by atoms with Crippen LogP contribution in [0.3, 0.4) is 0 Å². The molecule has 1 atom stereocenters. The van der Waals surface area contributed by atoms with Crippen molar-refractivity contribution in [2.24, 2.45) is 0 Å². The molecule has 0 aromatic heterocycles. The molecule has 3 aromatic carbocycles. The summed E-state index contributed by atoms with van der Waals surface area (Å²) in [6.45, 7) is 3.55. The fraction of sp³-hybridized carbons (Fsp3) is 0.323. The van der Waals surface area contributed by atoms with E-state index in [1.165, 1.54) is 30.5 Å². The molecule has 6 nitrogen and oxygen atoms in total. The van der Waals surface area contributed by atoms with Gasteiger partial charge in [0.25, 0.3) is 6.10 Å². The fourth-order valence-corrected chi connectivity index (χ4v) is 3.77. The zero-order chi connectivity index (χ0) is 29.1. The van der Waals surface area contributed by atoms with E-state index in [2.05, 4.69) is 28.5 Å². The SMILES string of the molecule is CCCCCc1ccc(-c2ccc(C(=O)Oc3ccc(C(=O)OC(C(=O)OCCC)C(F)(F)F)cc3)cc2)cc1. The van der Waals surface area contributed by atoms with Gasteiger partial charge in [0.2, 0.25) is 0 Å². The van der Waals surface area contributed by atoms with Gasteiger partial charge in [-0.1, -0.05) is 63.1 Å². The van der Waals surface area contributed by atoms with Crippen LogP contribution in [0, 0.1) is 0 Å². The number of halogens is 3. The van der Waals surface area contributed by atoms with Crippen molar-refractivity contribution in [1.82, 2.24) is 0 Å². The molecule has 0 saturated heterocycles. The number of aryl methyl sites for hydroxylation is 1. The highest BCUT2D eigenvalue weighted by Crippen LogP contribution is 2.26. The molecular formula is C31H31F3O6. The first-order valence-electron chi connectivity index (χ1n) is 13.1. The lowest BCUT2D eigenvalue weighted by atomic mass is 10.0. The Hall–Kier alpha value is -4.14. The number of hydrogen-bond donors (Lipinski definition) is 0. The van der Waals surface area contributed by atoms with Gasteiger partial charge in [-0.2, -0.15) is 13.2 Å². The van der Waals surface area contributed by atoms with E-state index in [0.29, 0.717) is 12.0 Å². The average molecular weight is 557 g/mol. The lowest BCUT2D eigenvalue weighted by molar-refractivity contribution is -0.218. The van der Waals surface area contributed by atoms with Crippen LogP contribution in [0.2, 0.25) is 0 Å². The van der Waals surface area contributed by atoms with Crippen molar-refractivity contribution in [3.05, 3.63) is 89.5 Å². The van der Waals surface area contributed by atoms with E-state index in [1.807, 2.05) is 24.3 Å². The molecule has 0 aliphatic rings. The minimum atomic E-state index is -5.14. The highest BCUT2D eigenvalue weighted by molar-refractivity contribution is 5.93. The van der Waals surface area contributed by atoms with Gasteiger partial charge in [0.15, 0.2) is 0 Å². The second kappa shape index (κ2) is 14.3. The van der Waals surface area contributed by atoms with Crippen LogP contribution < -0.4 is 4.74 Å². The quantitative estimate of drug-likeness (QED) is 0.132. The Balaban J connectivity index is 1.59. The number of alkyl halides is 3. The molecule has 0 fully saturated rings. The smallest absolute Gasteiger partial charge is 0.436 e. The largest absolute Gasteiger partial charge is 0.463 e. The fourth-order valence-electron chi connectivity index (χ4n) is 3.77. The lowest BCUT2D eigenvalue weighted by Crippen LogP contribution is -2.42. The van der Waals surface area contributed by atoms with Gasteiger partial charge >= 0.3 is 24.1 Å². The number of ether oxygens (including phenoxy) is 3. The zero-order valence-corrected chi connectivity index (χ0v) is 22.3. The van der Waals surface area contributed by atoms with E-state index >= 15 is 0 Å². The Morgan fingerprint density at radius 2 is 1.27 bits per heavy atom. The first-order valence-corrected chi connectivity index (χ1v) is 13.1. The van der Waals surface area contributed by atoms with Crippen molar-refractivity contribution in [2.75, 3.05) is 6.61 Å². The van der Waals surface area contributed by atoms with Crippen LogP contribution in [0.4, 0.5) is 13.2 Å². The van der Waals surface area contributed by atoms with Crippen LogP contribution in [0.15, 0.2) is 72.8 Å². The molecule has 3 aromatic rings. The molecule has 0 N–H and O–H groups in total. The van der Waals surface area contributed by atoms with Gasteiger partial charge in [0.1, 0.15) is 5.75 Å². The molecule has 0 bridgehead atoms. The Labute approximate surface area is 231 Å². The van der Waals surface area contributed by atoms with Crippen LogP contribution in [0.5, 0.6) is 5.75 Å². The average Bonchev–Trinajstić information content (AvgIpc) is 2.95. The Kier molecular flexibility index (Phi) is 10.9. The highest BCUT2D eigenvalue weighted by atomic mass is 19.4. The van der Waals surface area contributed by atoms with Crippen LogP contribution in [-0.4, -0.2) is 36.8 Å². The standard InChI is InChI=1S/C31H31F3O6/c1-3-5-6-7-21-8-10-22(11-9-21)23-12-14-24(15-13-23)28(35)39-26-18-16-25(17-19-26)29(36)40-27(31(32,33)34)30(37)38-20-4-2/h8-19,27H,3-7,20H2,1-2H3. The summed E-state index contributed by atoms with van der Waals surface area (Å²) in [4.78, 5) is 36.5. The molecule has 212 valence electrons. The monoisotopic (exact) mass is 556 g/mol. The summed E-state index contributed by atoms with van der Waals surface area (Å²) in [5.74, 6) is -3.65. The van der Waals surface area contributed by atoms with E-state index in [-0.39, 0.29) is 17.9 Å². The number of carbonyl (C=O) groups excluding carboxylic acids is 3. The maximum Gasteiger partial charge on any atom is 0.436 e. The van der Waals surface area contributed by atoms with Gasteiger partial charge in [0, 0.05) is 0 Å². The van der Waals surface area contributed by atoms with Crippen molar-refractivity contribution < 1.29 is 41.8 Å². The summed E-state index contributed by atoms with van der Waals surface area (Å²) in [6.07, 6.45) is -3.29. The predicted octanol–water partition coefficient (Wildman–Crippen LogP) is 7.35. The minimum absolute atomic E-state index is 0.0685. The summed E-state index contributed by atoms with van der Waals surface area (Å²) in [7, 11) is 0. The van der Waals surface area contributed by atoms with Crippen LogP contribution in [-0.2, 0) is 20.7 Å². The summed E-state index contributed by atoms with van der Waals surface area (Å²) < 4.78 is 53.8. The molecule has 0 aliphatic heterocycles. The number of hydrogen-bond acceptors (Lipinski definition) is 6. The first-order chi connectivity index (χ1) is 19.1. The molecule has 0 radical (unpaired) electrons. The van der Waals surface area contributed by atoms with E-state index < -0.39 is 30.2 Å². The van der Waals surface area contributed by atoms with Gasteiger partial charge in [-0.05, 0) is 72.4 Å². The van der Waals surface area contributed by atoms with Gasteiger partial charge in [-0.15, -0.1) is 0 Å². The summed E-state index contributed by atoms with van der Waals surface area (Å²) >= 11 is 0. The molecular weight excluding hydrogens is 525 g/mol. The number of carbonyl (C=O) groups is 3. The van der Waals surface area contributed by atoms with Crippen LogP contribution in [0.25, 0.3) is 11.1 Å². The second-order valence-corrected chi connectivity index (χ2v) is 9.14. The van der Waals surface area contributed by atoms with E-state index in [1.54, 1.807) is 19.1 Å². The summed E-state index contributed by atoms with van der Waals surface area (Å²) in [5, 5.41) is 0. The lowest BCUT2D eigenvalue weighted by Gasteiger charge is -2.19. The molecule has 0 amide bonds. The molecule has 1 unspecified atom stereocenters. The second-order valence-electron chi connectivity index (χ2n) is 9.14. The van der Waals surface area contributed by atoms with E-state index in [4.69, 9.17) is 4.74 Å². The van der Waals surface area contributed by atoms with Gasteiger partial charge in [-0.25, -0.2) is 14.4 Å². The van der Waals surface area contributed by atoms with Crippen molar-refractivity contribution in [3.63, 3.8) is 0 Å². The van der Waals surface area contributed by atoms with Gasteiger partial charge in [-0.3, -0.25) is 0 Å². The maximum atomic E-state index is 13.2.